The van der Waals surface area contributed by atoms with Gasteiger partial charge < -0.3 is 5.32 Å². The Kier molecular flexibility index (Phi) is 7.31. The summed E-state index contributed by atoms with van der Waals surface area (Å²) < 4.78 is 28.5. The molecule has 0 heterocycles. The SMILES string of the molecule is Cc1ccc(CN(CC(=O)Nc2cccc(Cl)c2)S(=O)(=O)c2ccc(Br)cc2)cc1. The minimum Gasteiger partial charge on any atom is -0.325 e. The maximum absolute atomic E-state index is 13.3. The molecule has 0 unspecified atom stereocenters. The van der Waals surface area contributed by atoms with Gasteiger partial charge >= 0.3 is 0 Å². The number of hydrogen-bond donors (Lipinski definition) is 1. The molecule has 0 spiro atoms. The van der Waals surface area contributed by atoms with Crippen molar-refractivity contribution in [3.8, 4) is 0 Å². The molecule has 0 saturated carbocycles. The van der Waals surface area contributed by atoms with Crippen molar-refractivity contribution in [3.05, 3.63) is 93.4 Å². The lowest BCUT2D eigenvalue weighted by Gasteiger charge is -2.22. The molecule has 3 rings (SSSR count). The molecule has 1 amide bonds. The molecular weight excluding hydrogens is 488 g/mol. The van der Waals surface area contributed by atoms with Gasteiger partial charge in [0.1, 0.15) is 0 Å². The first-order valence-electron chi connectivity index (χ1n) is 9.11. The van der Waals surface area contributed by atoms with Crippen molar-refractivity contribution in [2.45, 2.75) is 18.4 Å². The summed E-state index contributed by atoms with van der Waals surface area (Å²) in [5, 5.41) is 3.18. The Morgan fingerprint density at radius 1 is 1.03 bits per heavy atom. The van der Waals surface area contributed by atoms with Crippen LogP contribution in [0.15, 0.2) is 82.2 Å². The molecular formula is C22H20BrClN2O3S. The molecule has 30 heavy (non-hydrogen) atoms. The Morgan fingerprint density at radius 2 is 1.70 bits per heavy atom. The van der Waals surface area contributed by atoms with E-state index < -0.39 is 15.9 Å². The van der Waals surface area contributed by atoms with Crippen molar-refractivity contribution >= 4 is 49.1 Å². The first kappa shape index (κ1) is 22.5. The van der Waals surface area contributed by atoms with Gasteiger partial charge in [0, 0.05) is 21.7 Å². The highest BCUT2D eigenvalue weighted by Crippen LogP contribution is 2.21. The van der Waals surface area contributed by atoms with Crippen LogP contribution in [0.25, 0.3) is 0 Å². The molecule has 3 aromatic rings. The summed E-state index contributed by atoms with van der Waals surface area (Å²) >= 11 is 9.27. The number of carbonyl (C=O) groups excluding carboxylic acids is 1. The average molecular weight is 508 g/mol. The van der Waals surface area contributed by atoms with Gasteiger partial charge in [-0.3, -0.25) is 4.79 Å². The summed E-state index contributed by atoms with van der Waals surface area (Å²) in [6.07, 6.45) is 0. The summed E-state index contributed by atoms with van der Waals surface area (Å²) in [4.78, 5) is 12.8. The predicted octanol–water partition coefficient (Wildman–Crippen LogP) is 5.24. The van der Waals surface area contributed by atoms with E-state index in [2.05, 4.69) is 21.2 Å². The highest BCUT2D eigenvalue weighted by molar-refractivity contribution is 9.10. The minimum atomic E-state index is -3.90. The lowest BCUT2D eigenvalue weighted by Crippen LogP contribution is -2.37. The molecule has 0 aliphatic heterocycles. The molecule has 1 N–H and O–H groups in total. The first-order chi connectivity index (χ1) is 14.2. The van der Waals surface area contributed by atoms with Gasteiger partial charge in [0.25, 0.3) is 0 Å². The number of anilines is 1. The maximum Gasteiger partial charge on any atom is 0.243 e. The normalized spacial score (nSPS) is 11.5. The van der Waals surface area contributed by atoms with Crippen molar-refractivity contribution in [3.63, 3.8) is 0 Å². The highest BCUT2D eigenvalue weighted by atomic mass is 79.9. The van der Waals surface area contributed by atoms with Crippen LogP contribution in [0.2, 0.25) is 5.02 Å². The number of nitrogens with one attached hydrogen (secondary N) is 1. The van der Waals surface area contributed by atoms with Gasteiger partial charge in [0.2, 0.25) is 15.9 Å². The molecule has 5 nitrogen and oxygen atoms in total. The Morgan fingerprint density at radius 3 is 2.33 bits per heavy atom. The van der Waals surface area contributed by atoms with E-state index in [1.165, 1.54) is 16.4 Å². The number of aryl methyl sites for hydroxylation is 1. The van der Waals surface area contributed by atoms with Crippen LogP contribution in [0.5, 0.6) is 0 Å². The van der Waals surface area contributed by atoms with Crippen molar-refractivity contribution in [2.75, 3.05) is 11.9 Å². The van der Waals surface area contributed by atoms with Crippen molar-refractivity contribution < 1.29 is 13.2 Å². The number of benzene rings is 3. The van der Waals surface area contributed by atoms with Gasteiger partial charge in [0.15, 0.2) is 0 Å². The fourth-order valence-corrected chi connectivity index (χ4v) is 4.64. The number of hydrogen-bond acceptors (Lipinski definition) is 3. The fraction of sp³-hybridized carbons (Fsp3) is 0.136. The molecule has 0 aliphatic rings. The average Bonchev–Trinajstić information content (AvgIpc) is 2.69. The standard InChI is InChI=1S/C22H20BrClN2O3S/c1-16-5-7-17(8-6-16)14-26(30(28,29)21-11-9-18(23)10-12-21)15-22(27)25-20-4-2-3-19(24)13-20/h2-13H,14-15H2,1H3,(H,25,27). The number of rotatable bonds is 7. The van der Waals surface area contributed by atoms with Gasteiger partial charge in [-0.1, -0.05) is 63.4 Å². The van der Waals surface area contributed by atoms with E-state index in [1.54, 1.807) is 36.4 Å². The second-order valence-corrected chi connectivity index (χ2v) is 10.1. The number of nitrogens with zero attached hydrogens (tertiary/aromatic N) is 1. The molecule has 8 heteroatoms. The second-order valence-electron chi connectivity index (χ2n) is 6.77. The van der Waals surface area contributed by atoms with E-state index >= 15 is 0 Å². The third-order valence-electron chi connectivity index (χ3n) is 4.36. The van der Waals surface area contributed by atoms with Gasteiger partial charge in [-0.15, -0.1) is 0 Å². The van der Waals surface area contributed by atoms with Gasteiger partial charge in [-0.05, 0) is 55.0 Å². The largest absolute Gasteiger partial charge is 0.325 e. The van der Waals surface area contributed by atoms with Crippen molar-refractivity contribution in [2.24, 2.45) is 0 Å². The smallest absolute Gasteiger partial charge is 0.243 e. The Hall–Kier alpha value is -2.19. The number of halogens is 2. The van der Waals surface area contributed by atoms with Crippen LogP contribution in [0.3, 0.4) is 0 Å². The Balaban J connectivity index is 1.87. The molecule has 0 aromatic heterocycles. The zero-order chi connectivity index (χ0) is 21.7. The predicted molar refractivity (Wildman–Crippen MR) is 123 cm³/mol. The van der Waals surface area contributed by atoms with Crippen molar-refractivity contribution in [1.82, 2.24) is 4.31 Å². The van der Waals surface area contributed by atoms with Crippen LogP contribution >= 0.6 is 27.5 Å². The van der Waals surface area contributed by atoms with Crippen molar-refractivity contribution in [1.29, 1.82) is 0 Å². The summed E-state index contributed by atoms with van der Waals surface area (Å²) in [6, 6.07) is 20.6. The van der Waals surface area contributed by atoms with Crippen LogP contribution < -0.4 is 5.32 Å². The van der Waals surface area contributed by atoms with E-state index in [1.807, 2.05) is 31.2 Å². The molecule has 0 fully saturated rings. The van der Waals surface area contributed by atoms with Gasteiger partial charge in [-0.25, -0.2) is 8.42 Å². The Bertz CT molecular complexity index is 1130. The third kappa shape index (κ3) is 5.92. The lowest BCUT2D eigenvalue weighted by atomic mass is 10.1. The zero-order valence-corrected chi connectivity index (χ0v) is 19.3. The molecule has 3 aromatic carbocycles. The molecule has 0 radical (unpaired) electrons. The Labute approximate surface area is 189 Å². The monoisotopic (exact) mass is 506 g/mol. The summed E-state index contributed by atoms with van der Waals surface area (Å²) in [6.45, 7) is 1.69. The zero-order valence-electron chi connectivity index (χ0n) is 16.2. The van der Waals surface area contributed by atoms with E-state index in [-0.39, 0.29) is 18.0 Å². The number of sulfonamides is 1. The molecule has 0 bridgehead atoms. The van der Waals surface area contributed by atoms with E-state index in [9.17, 15) is 13.2 Å². The third-order valence-corrected chi connectivity index (χ3v) is 6.93. The molecule has 156 valence electrons. The number of carbonyl (C=O) groups is 1. The van der Waals surface area contributed by atoms with Crippen LogP contribution in [-0.4, -0.2) is 25.2 Å². The molecule has 0 atom stereocenters. The van der Waals surface area contributed by atoms with Crippen LogP contribution in [0, 0.1) is 6.92 Å². The van der Waals surface area contributed by atoms with Crippen LogP contribution in [0.4, 0.5) is 5.69 Å². The maximum atomic E-state index is 13.3. The van der Waals surface area contributed by atoms with Gasteiger partial charge in [-0.2, -0.15) is 4.31 Å². The minimum absolute atomic E-state index is 0.0711. The summed E-state index contributed by atoms with van der Waals surface area (Å²) in [5.41, 5.74) is 2.36. The quantitative estimate of drug-likeness (QED) is 0.475. The molecule has 0 aliphatic carbocycles. The van der Waals surface area contributed by atoms with Crippen LogP contribution in [0.1, 0.15) is 11.1 Å². The number of amides is 1. The van der Waals surface area contributed by atoms with Gasteiger partial charge in [0.05, 0.1) is 11.4 Å². The second kappa shape index (κ2) is 9.75. The lowest BCUT2D eigenvalue weighted by molar-refractivity contribution is -0.116. The van der Waals surface area contributed by atoms with E-state index in [4.69, 9.17) is 11.6 Å². The summed E-state index contributed by atoms with van der Waals surface area (Å²) in [7, 11) is -3.90. The van der Waals surface area contributed by atoms with E-state index in [0.717, 1.165) is 15.6 Å². The first-order valence-corrected chi connectivity index (χ1v) is 11.7. The molecule has 0 saturated heterocycles. The highest BCUT2D eigenvalue weighted by Gasteiger charge is 2.27. The van der Waals surface area contributed by atoms with Crippen LogP contribution in [-0.2, 0) is 21.4 Å². The topological polar surface area (TPSA) is 66.5 Å². The van der Waals surface area contributed by atoms with E-state index in [0.29, 0.717) is 10.7 Å². The summed E-state index contributed by atoms with van der Waals surface area (Å²) in [5.74, 6) is -0.454. The fourth-order valence-electron chi connectivity index (χ4n) is 2.81.